The Morgan fingerprint density at radius 2 is 1.71 bits per heavy atom. The van der Waals surface area contributed by atoms with Gasteiger partial charge in [0, 0.05) is 23.9 Å². The van der Waals surface area contributed by atoms with Gasteiger partial charge in [-0.15, -0.1) is 0 Å². The van der Waals surface area contributed by atoms with E-state index in [1.807, 2.05) is 37.3 Å². The van der Waals surface area contributed by atoms with Gasteiger partial charge in [0.25, 0.3) is 0 Å². The van der Waals surface area contributed by atoms with Gasteiger partial charge in [-0.1, -0.05) is 6.07 Å². The lowest BCUT2D eigenvalue weighted by molar-refractivity contribution is 0.354. The summed E-state index contributed by atoms with van der Waals surface area (Å²) in [4.78, 5) is 4.55. The van der Waals surface area contributed by atoms with E-state index in [0.717, 1.165) is 17.7 Å². The molecule has 0 unspecified atom stereocenters. The molecule has 0 heterocycles. The van der Waals surface area contributed by atoms with Crippen molar-refractivity contribution >= 4 is 5.71 Å². The fourth-order valence-corrected chi connectivity index (χ4v) is 2.42. The van der Waals surface area contributed by atoms with Crippen molar-refractivity contribution in [1.29, 1.82) is 0 Å². The summed E-state index contributed by atoms with van der Waals surface area (Å²) < 4.78 is 15.6. The Morgan fingerprint density at radius 3 is 2.33 bits per heavy atom. The minimum absolute atomic E-state index is 0.168. The summed E-state index contributed by atoms with van der Waals surface area (Å²) in [6, 6.07) is 11.0. The van der Waals surface area contributed by atoms with Crippen molar-refractivity contribution in [2.24, 2.45) is 4.99 Å². The number of ether oxygens (including phenoxy) is 3. The maximum atomic E-state index is 10.0. The third-order valence-electron chi connectivity index (χ3n) is 3.79. The molecule has 0 aliphatic rings. The summed E-state index contributed by atoms with van der Waals surface area (Å²) in [5.74, 6) is 2.21. The van der Waals surface area contributed by atoms with Gasteiger partial charge in [0.1, 0.15) is 11.5 Å². The van der Waals surface area contributed by atoms with Crippen LogP contribution in [-0.4, -0.2) is 38.7 Å². The molecule has 24 heavy (non-hydrogen) atoms. The van der Waals surface area contributed by atoms with Crippen LogP contribution in [0.5, 0.6) is 23.0 Å². The highest BCUT2D eigenvalue weighted by molar-refractivity contribution is 6.01. The molecule has 0 spiro atoms. The average molecular weight is 329 g/mol. The Kier molecular flexibility index (Phi) is 6.07. The summed E-state index contributed by atoms with van der Waals surface area (Å²) in [6.45, 7) is 2.50. The average Bonchev–Trinajstić information content (AvgIpc) is 2.61. The van der Waals surface area contributed by atoms with Gasteiger partial charge in [0.15, 0.2) is 11.5 Å². The summed E-state index contributed by atoms with van der Waals surface area (Å²) >= 11 is 0. The Morgan fingerprint density at radius 1 is 0.958 bits per heavy atom. The number of aliphatic imine (C=N–C) groups is 1. The highest BCUT2D eigenvalue weighted by Gasteiger charge is 2.07. The summed E-state index contributed by atoms with van der Waals surface area (Å²) in [7, 11) is 4.81. The fraction of sp³-hybridized carbons (Fsp3) is 0.316. The number of aromatic hydroxyl groups is 1. The molecule has 2 aromatic rings. The van der Waals surface area contributed by atoms with Crippen LogP contribution in [0.3, 0.4) is 0 Å². The molecular weight excluding hydrogens is 306 g/mol. The predicted molar refractivity (Wildman–Crippen MR) is 95.0 cm³/mol. The van der Waals surface area contributed by atoms with Gasteiger partial charge in [0.2, 0.25) is 0 Å². The van der Waals surface area contributed by atoms with Gasteiger partial charge in [0.05, 0.1) is 21.3 Å². The first kappa shape index (κ1) is 17.7. The van der Waals surface area contributed by atoms with E-state index in [0.29, 0.717) is 29.4 Å². The van der Waals surface area contributed by atoms with E-state index in [1.165, 1.54) is 0 Å². The molecule has 0 bridgehead atoms. The van der Waals surface area contributed by atoms with Crippen molar-refractivity contribution in [2.45, 2.75) is 13.3 Å². The molecular formula is C19H23NO4. The maximum absolute atomic E-state index is 10.0. The maximum Gasteiger partial charge on any atom is 0.160 e. The first-order chi connectivity index (χ1) is 11.6. The van der Waals surface area contributed by atoms with Gasteiger partial charge in [-0.05, 0) is 43.2 Å². The van der Waals surface area contributed by atoms with Gasteiger partial charge >= 0.3 is 0 Å². The zero-order valence-corrected chi connectivity index (χ0v) is 14.5. The lowest BCUT2D eigenvalue weighted by Gasteiger charge is -2.09. The third-order valence-corrected chi connectivity index (χ3v) is 3.79. The largest absolute Gasteiger partial charge is 0.507 e. The molecule has 2 aromatic carbocycles. The van der Waals surface area contributed by atoms with Gasteiger partial charge in [-0.25, -0.2) is 0 Å². The number of hydrogen-bond acceptors (Lipinski definition) is 5. The van der Waals surface area contributed by atoms with Gasteiger partial charge in [-0.2, -0.15) is 0 Å². The zero-order valence-electron chi connectivity index (χ0n) is 14.5. The van der Waals surface area contributed by atoms with E-state index in [1.54, 1.807) is 27.4 Å². The van der Waals surface area contributed by atoms with E-state index in [4.69, 9.17) is 14.2 Å². The Labute approximate surface area is 142 Å². The number of hydrogen-bond donors (Lipinski definition) is 1. The number of nitrogens with zero attached hydrogens (tertiary/aromatic N) is 1. The van der Waals surface area contributed by atoms with Crippen molar-refractivity contribution < 1.29 is 19.3 Å². The molecule has 2 rings (SSSR count). The lowest BCUT2D eigenvalue weighted by atomic mass is 10.1. The minimum Gasteiger partial charge on any atom is -0.507 e. The second-order valence-electron chi connectivity index (χ2n) is 5.29. The van der Waals surface area contributed by atoms with Gasteiger partial charge < -0.3 is 19.3 Å². The molecule has 128 valence electrons. The summed E-state index contributed by atoms with van der Waals surface area (Å²) in [6.07, 6.45) is 0.772. The second-order valence-corrected chi connectivity index (χ2v) is 5.29. The van der Waals surface area contributed by atoms with Crippen LogP contribution in [0.2, 0.25) is 0 Å². The van der Waals surface area contributed by atoms with Crippen molar-refractivity contribution in [3.63, 3.8) is 0 Å². The zero-order chi connectivity index (χ0) is 17.5. The minimum atomic E-state index is 0.168. The first-order valence-electron chi connectivity index (χ1n) is 7.68. The quantitative estimate of drug-likeness (QED) is 0.790. The van der Waals surface area contributed by atoms with Crippen molar-refractivity contribution in [3.05, 3.63) is 47.5 Å². The predicted octanol–water partition coefficient (Wildman–Crippen LogP) is 3.47. The Hall–Kier alpha value is -2.69. The standard InChI is InChI=1S/C19H23NO4/c1-13(16-7-6-15(22-2)12-17(16)21)20-10-9-14-5-8-18(23-3)19(11-14)24-4/h5-8,11-12,21H,9-10H2,1-4H3. The van der Waals surface area contributed by atoms with Crippen LogP contribution < -0.4 is 14.2 Å². The van der Waals surface area contributed by atoms with Crippen LogP contribution in [-0.2, 0) is 6.42 Å². The molecule has 5 nitrogen and oxygen atoms in total. The monoisotopic (exact) mass is 329 g/mol. The van der Waals surface area contributed by atoms with E-state index in [2.05, 4.69) is 4.99 Å². The number of rotatable bonds is 7. The van der Waals surface area contributed by atoms with E-state index >= 15 is 0 Å². The smallest absolute Gasteiger partial charge is 0.160 e. The van der Waals surface area contributed by atoms with Gasteiger partial charge in [-0.3, -0.25) is 4.99 Å². The summed E-state index contributed by atoms with van der Waals surface area (Å²) in [5, 5.41) is 10.0. The third kappa shape index (κ3) is 4.19. The van der Waals surface area contributed by atoms with Crippen LogP contribution in [0.25, 0.3) is 0 Å². The fourth-order valence-electron chi connectivity index (χ4n) is 2.42. The molecule has 0 saturated heterocycles. The van der Waals surface area contributed by atoms with E-state index < -0.39 is 0 Å². The molecule has 0 fully saturated rings. The number of benzene rings is 2. The van der Waals surface area contributed by atoms with Crippen molar-refractivity contribution in [2.75, 3.05) is 27.9 Å². The number of phenolic OH excluding ortho intramolecular Hbond substituents is 1. The van der Waals surface area contributed by atoms with Crippen LogP contribution in [0.15, 0.2) is 41.4 Å². The highest BCUT2D eigenvalue weighted by atomic mass is 16.5. The molecule has 0 saturated carbocycles. The van der Waals surface area contributed by atoms with Crippen molar-refractivity contribution in [1.82, 2.24) is 0 Å². The van der Waals surface area contributed by atoms with E-state index in [-0.39, 0.29) is 5.75 Å². The molecule has 1 N–H and O–H groups in total. The number of methoxy groups -OCH3 is 3. The van der Waals surface area contributed by atoms with Crippen LogP contribution in [0.4, 0.5) is 0 Å². The number of phenols is 1. The molecule has 0 aliphatic heterocycles. The first-order valence-corrected chi connectivity index (χ1v) is 7.68. The second kappa shape index (κ2) is 8.24. The lowest BCUT2D eigenvalue weighted by Crippen LogP contribution is -2.00. The normalized spacial score (nSPS) is 11.2. The Bertz CT molecular complexity index is 725. The van der Waals surface area contributed by atoms with Crippen LogP contribution in [0, 0.1) is 0 Å². The topological polar surface area (TPSA) is 60.3 Å². The SMILES string of the molecule is COc1ccc(C(C)=NCCc2ccc(OC)c(OC)c2)c(O)c1. The van der Waals surface area contributed by atoms with Crippen molar-refractivity contribution in [3.8, 4) is 23.0 Å². The van der Waals surface area contributed by atoms with Crippen LogP contribution >= 0.6 is 0 Å². The van der Waals surface area contributed by atoms with Crippen LogP contribution in [0.1, 0.15) is 18.1 Å². The molecule has 0 atom stereocenters. The summed E-state index contributed by atoms with van der Waals surface area (Å²) in [5.41, 5.74) is 2.61. The Balaban J connectivity index is 2.05. The van der Waals surface area contributed by atoms with E-state index in [9.17, 15) is 5.11 Å². The molecule has 0 amide bonds. The molecule has 0 aromatic heterocycles. The highest BCUT2D eigenvalue weighted by Crippen LogP contribution is 2.28. The molecule has 0 radical (unpaired) electrons. The molecule has 5 heteroatoms. The molecule has 0 aliphatic carbocycles.